The number of likely N-dealkylation sites (N-methyl/N-ethyl adjacent to an activating group) is 1. The minimum Gasteiger partial charge on any atom is -0.493 e. The molecule has 1 aliphatic heterocycles. The SMILES string of the molecule is COc1cc2c(-c3cc4c(Cl)ccnc4[nH]3)cn(C)c2cc1OCCN1CCN(C)CC1.c1ccncc1. The first kappa shape index (κ1) is 26.0. The average molecular weight is 533 g/mol. The molecule has 0 radical (unpaired) electrons. The number of hydrogen-bond acceptors (Lipinski definition) is 6. The van der Waals surface area contributed by atoms with Crippen molar-refractivity contribution in [3.05, 3.63) is 72.3 Å². The van der Waals surface area contributed by atoms with Crippen molar-refractivity contribution in [3.63, 3.8) is 0 Å². The lowest BCUT2D eigenvalue weighted by molar-refractivity contribution is 0.133. The quantitative estimate of drug-likeness (QED) is 0.328. The van der Waals surface area contributed by atoms with Crippen LogP contribution in [0.4, 0.5) is 0 Å². The van der Waals surface area contributed by atoms with Crippen LogP contribution in [0.25, 0.3) is 33.2 Å². The van der Waals surface area contributed by atoms with Gasteiger partial charge in [0.15, 0.2) is 11.5 Å². The number of benzene rings is 1. The van der Waals surface area contributed by atoms with E-state index < -0.39 is 0 Å². The van der Waals surface area contributed by atoms with Gasteiger partial charge in [0.2, 0.25) is 0 Å². The minimum atomic E-state index is 0.634. The third kappa shape index (κ3) is 5.78. The lowest BCUT2D eigenvalue weighted by Crippen LogP contribution is -2.45. The van der Waals surface area contributed by atoms with Gasteiger partial charge in [-0.1, -0.05) is 17.7 Å². The third-order valence-corrected chi connectivity index (χ3v) is 7.20. The van der Waals surface area contributed by atoms with E-state index in [0.29, 0.717) is 11.6 Å². The van der Waals surface area contributed by atoms with Crippen LogP contribution in [0, 0.1) is 0 Å². The molecule has 0 spiro atoms. The van der Waals surface area contributed by atoms with Gasteiger partial charge in [0, 0.05) is 92.7 Å². The molecule has 8 nitrogen and oxygen atoms in total. The number of piperazine rings is 1. The summed E-state index contributed by atoms with van der Waals surface area (Å²) in [5, 5.41) is 2.68. The number of hydrogen-bond donors (Lipinski definition) is 1. The van der Waals surface area contributed by atoms with Gasteiger partial charge >= 0.3 is 0 Å². The van der Waals surface area contributed by atoms with E-state index in [0.717, 1.165) is 77.4 Å². The largest absolute Gasteiger partial charge is 0.493 e. The van der Waals surface area contributed by atoms with Crippen molar-refractivity contribution in [2.45, 2.75) is 0 Å². The molecule has 4 aromatic heterocycles. The molecule has 5 heterocycles. The molecule has 0 aliphatic carbocycles. The van der Waals surface area contributed by atoms with Crippen molar-refractivity contribution in [2.24, 2.45) is 7.05 Å². The molecule has 9 heteroatoms. The van der Waals surface area contributed by atoms with Gasteiger partial charge in [-0.2, -0.15) is 0 Å². The molecule has 0 atom stereocenters. The van der Waals surface area contributed by atoms with Crippen LogP contribution in [-0.2, 0) is 7.05 Å². The fraction of sp³-hybridized carbons (Fsp3) is 0.310. The van der Waals surface area contributed by atoms with E-state index >= 15 is 0 Å². The van der Waals surface area contributed by atoms with E-state index in [1.807, 2.05) is 31.3 Å². The Labute approximate surface area is 227 Å². The number of halogens is 1. The van der Waals surface area contributed by atoms with Crippen LogP contribution in [-0.4, -0.2) is 82.8 Å². The Morgan fingerprint density at radius 3 is 2.39 bits per heavy atom. The van der Waals surface area contributed by atoms with Crippen LogP contribution in [0.1, 0.15) is 0 Å². The zero-order valence-electron chi connectivity index (χ0n) is 22.0. The summed E-state index contributed by atoms with van der Waals surface area (Å²) in [4.78, 5) is 16.4. The number of rotatable bonds is 6. The Kier molecular flexibility index (Phi) is 8.12. The molecular weight excluding hydrogens is 500 g/mol. The highest BCUT2D eigenvalue weighted by atomic mass is 35.5. The Balaban J connectivity index is 0.000000433. The number of aromatic nitrogens is 4. The number of aryl methyl sites for hydroxylation is 1. The van der Waals surface area contributed by atoms with Gasteiger partial charge in [0.1, 0.15) is 12.3 Å². The first-order valence-electron chi connectivity index (χ1n) is 12.7. The number of ether oxygens (including phenoxy) is 2. The summed E-state index contributed by atoms with van der Waals surface area (Å²) in [5.41, 5.74) is 3.89. The molecular formula is C29H33ClN6O2. The minimum absolute atomic E-state index is 0.634. The summed E-state index contributed by atoms with van der Waals surface area (Å²) >= 11 is 6.35. The number of methoxy groups -OCH3 is 1. The van der Waals surface area contributed by atoms with Crippen molar-refractivity contribution in [1.29, 1.82) is 0 Å². The topological polar surface area (TPSA) is 71.4 Å². The Morgan fingerprint density at radius 1 is 0.947 bits per heavy atom. The maximum Gasteiger partial charge on any atom is 0.163 e. The maximum absolute atomic E-state index is 6.35. The van der Waals surface area contributed by atoms with Crippen LogP contribution in [0.15, 0.2) is 67.3 Å². The Morgan fingerprint density at radius 2 is 1.74 bits per heavy atom. The summed E-state index contributed by atoms with van der Waals surface area (Å²) in [5.74, 6) is 1.50. The average Bonchev–Trinajstić information content (AvgIpc) is 3.52. The Bertz CT molecular complexity index is 1470. The van der Waals surface area contributed by atoms with Gasteiger partial charge in [-0.05, 0) is 37.4 Å². The highest BCUT2D eigenvalue weighted by molar-refractivity contribution is 6.35. The second kappa shape index (κ2) is 11.9. The van der Waals surface area contributed by atoms with Crippen LogP contribution < -0.4 is 9.47 Å². The molecule has 6 rings (SSSR count). The van der Waals surface area contributed by atoms with Crippen LogP contribution in [0.2, 0.25) is 5.02 Å². The van der Waals surface area contributed by atoms with Gasteiger partial charge in [0.05, 0.1) is 17.6 Å². The molecule has 1 fully saturated rings. The predicted molar refractivity (Wildman–Crippen MR) is 153 cm³/mol. The second-order valence-corrected chi connectivity index (χ2v) is 9.84. The first-order chi connectivity index (χ1) is 18.5. The van der Waals surface area contributed by atoms with E-state index in [2.05, 4.69) is 54.7 Å². The lowest BCUT2D eigenvalue weighted by Gasteiger charge is -2.32. The molecule has 0 amide bonds. The summed E-state index contributed by atoms with van der Waals surface area (Å²) < 4.78 is 14.0. The highest BCUT2D eigenvalue weighted by Crippen LogP contribution is 2.39. The van der Waals surface area contributed by atoms with Crippen molar-refractivity contribution in [1.82, 2.24) is 29.3 Å². The van der Waals surface area contributed by atoms with Crippen molar-refractivity contribution < 1.29 is 9.47 Å². The van der Waals surface area contributed by atoms with Gasteiger partial charge < -0.3 is 23.9 Å². The van der Waals surface area contributed by atoms with E-state index in [1.165, 1.54) is 0 Å². The Hall–Kier alpha value is -3.59. The van der Waals surface area contributed by atoms with Gasteiger partial charge in [-0.25, -0.2) is 4.98 Å². The van der Waals surface area contributed by atoms with Gasteiger partial charge in [-0.3, -0.25) is 9.88 Å². The second-order valence-electron chi connectivity index (χ2n) is 9.43. The van der Waals surface area contributed by atoms with E-state index in [9.17, 15) is 0 Å². The zero-order chi connectivity index (χ0) is 26.5. The summed E-state index contributed by atoms with van der Waals surface area (Å²) in [7, 11) is 5.90. The molecule has 0 unspecified atom stereocenters. The zero-order valence-corrected chi connectivity index (χ0v) is 22.8. The number of fused-ring (bicyclic) bond motifs is 2. The fourth-order valence-electron chi connectivity index (χ4n) is 4.68. The standard InChI is InChI=1S/C24H28ClN5O2.C5H5N/c1-28-6-8-30(9-7-28)10-11-32-23-14-21-16(13-22(23)31-3)18(15-29(21)2)20-12-17-19(25)4-5-26-24(17)27-20;1-2-4-6-5-3-1/h4-5,12-15H,6-11H2,1-3H3,(H,26,27);1-5H. The molecule has 1 N–H and O–H groups in total. The van der Waals surface area contributed by atoms with Crippen molar-refractivity contribution in [3.8, 4) is 22.8 Å². The smallest absolute Gasteiger partial charge is 0.163 e. The highest BCUT2D eigenvalue weighted by Gasteiger charge is 2.18. The third-order valence-electron chi connectivity index (χ3n) is 6.87. The van der Waals surface area contributed by atoms with Crippen molar-refractivity contribution in [2.75, 3.05) is 53.5 Å². The lowest BCUT2D eigenvalue weighted by atomic mass is 10.1. The predicted octanol–water partition coefficient (Wildman–Crippen LogP) is 5.09. The van der Waals surface area contributed by atoms with Crippen LogP contribution in [0.5, 0.6) is 11.5 Å². The van der Waals surface area contributed by atoms with E-state index in [-0.39, 0.29) is 0 Å². The number of nitrogens with one attached hydrogen (secondary N) is 1. The number of nitrogens with zero attached hydrogens (tertiary/aromatic N) is 5. The first-order valence-corrected chi connectivity index (χ1v) is 13.1. The van der Waals surface area contributed by atoms with Crippen molar-refractivity contribution >= 4 is 33.5 Å². The molecule has 38 heavy (non-hydrogen) atoms. The molecule has 0 bridgehead atoms. The maximum atomic E-state index is 6.35. The van der Waals surface area contributed by atoms with Crippen LogP contribution in [0.3, 0.4) is 0 Å². The number of H-pyrrole nitrogens is 1. The molecule has 1 aliphatic rings. The van der Waals surface area contributed by atoms with Gasteiger partial charge in [-0.15, -0.1) is 0 Å². The molecule has 5 aromatic rings. The monoisotopic (exact) mass is 532 g/mol. The summed E-state index contributed by atoms with van der Waals surface area (Å²) in [6, 6.07) is 13.7. The number of aromatic amines is 1. The normalized spacial score (nSPS) is 14.4. The summed E-state index contributed by atoms with van der Waals surface area (Å²) in [6.07, 6.45) is 7.32. The molecule has 1 saturated heterocycles. The molecule has 198 valence electrons. The van der Waals surface area contributed by atoms with Crippen LogP contribution >= 0.6 is 11.6 Å². The van der Waals surface area contributed by atoms with E-state index in [4.69, 9.17) is 21.1 Å². The summed E-state index contributed by atoms with van der Waals surface area (Å²) in [6.45, 7) is 5.93. The van der Waals surface area contributed by atoms with Gasteiger partial charge in [0.25, 0.3) is 0 Å². The molecule has 1 aromatic carbocycles. The fourth-order valence-corrected chi connectivity index (χ4v) is 4.89. The van der Waals surface area contributed by atoms with E-state index in [1.54, 1.807) is 31.8 Å². The number of pyridine rings is 2. The molecule has 0 saturated carbocycles.